The average Bonchev–Trinajstić information content (AvgIpc) is 2.46. The molecular weight excluding hydrogens is 324 g/mol. The molecule has 5 nitrogen and oxygen atoms in total. The van der Waals surface area contributed by atoms with Crippen LogP contribution in [0.4, 0.5) is 11.4 Å². The van der Waals surface area contributed by atoms with Gasteiger partial charge in [-0.1, -0.05) is 18.2 Å². The van der Waals surface area contributed by atoms with Crippen molar-refractivity contribution in [3.8, 4) is 5.75 Å². The Kier molecular flexibility index (Phi) is 4.95. The van der Waals surface area contributed by atoms with Crippen molar-refractivity contribution in [2.75, 3.05) is 18.5 Å². The van der Waals surface area contributed by atoms with Crippen molar-refractivity contribution in [2.45, 2.75) is 0 Å². The number of ether oxygens (including phenoxy) is 1. The summed E-state index contributed by atoms with van der Waals surface area (Å²) in [4.78, 5) is 10.2. The van der Waals surface area contributed by atoms with E-state index in [-0.39, 0.29) is 5.69 Å². The summed E-state index contributed by atoms with van der Waals surface area (Å²) in [5.74, 6) is 0.817. The number of hydrogen-bond acceptors (Lipinski definition) is 4. The second kappa shape index (κ2) is 6.91. The van der Waals surface area contributed by atoms with Crippen LogP contribution in [-0.2, 0) is 0 Å². The summed E-state index contributed by atoms with van der Waals surface area (Å²) in [6.45, 7) is 1.11. The van der Waals surface area contributed by atoms with E-state index in [2.05, 4.69) is 21.2 Å². The Morgan fingerprint density at radius 3 is 2.60 bits per heavy atom. The van der Waals surface area contributed by atoms with Gasteiger partial charge in [0.1, 0.15) is 12.4 Å². The molecule has 20 heavy (non-hydrogen) atoms. The fraction of sp³-hybridized carbons (Fsp3) is 0.143. The molecule has 0 aliphatic carbocycles. The van der Waals surface area contributed by atoms with Gasteiger partial charge in [-0.15, -0.1) is 0 Å². The molecule has 0 amide bonds. The molecule has 0 spiro atoms. The van der Waals surface area contributed by atoms with E-state index >= 15 is 0 Å². The minimum atomic E-state index is -0.424. The van der Waals surface area contributed by atoms with E-state index in [9.17, 15) is 10.1 Å². The zero-order chi connectivity index (χ0) is 14.4. The number of benzene rings is 2. The van der Waals surface area contributed by atoms with Gasteiger partial charge in [-0.3, -0.25) is 10.1 Å². The van der Waals surface area contributed by atoms with Crippen molar-refractivity contribution in [1.82, 2.24) is 0 Å². The normalized spacial score (nSPS) is 10.1. The fourth-order valence-electron chi connectivity index (χ4n) is 1.63. The number of nitro groups is 1. The van der Waals surface area contributed by atoms with E-state index in [1.54, 1.807) is 6.07 Å². The first kappa shape index (κ1) is 14.3. The second-order valence-electron chi connectivity index (χ2n) is 4.01. The molecule has 2 aromatic rings. The number of nitrogens with one attached hydrogen (secondary N) is 1. The van der Waals surface area contributed by atoms with Gasteiger partial charge in [0.2, 0.25) is 0 Å². The smallest absolute Gasteiger partial charge is 0.270 e. The highest BCUT2D eigenvalue weighted by Crippen LogP contribution is 2.26. The molecule has 6 heteroatoms. The predicted molar refractivity (Wildman–Crippen MR) is 81.2 cm³/mol. The molecule has 0 unspecified atom stereocenters. The Labute approximate surface area is 124 Å². The Bertz CT molecular complexity index is 590. The first-order valence-electron chi connectivity index (χ1n) is 6.02. The SMILES string of the molecule is O=[N+]([O-])c1ccc(NCCOc2ccccc2)c(Br)c1. The van der Waals surface area contributed by atoms with Crippen LogP contribution in [0.1, 0.15) is 0 Å². The third-order valence-corrected chi connectivity index (χ3v) is 3.25. The summed E-state index contributed by atoms with van der Waals surface area (Å²) in [5, 5.41) is 13.8. The lowest BCUT2D eigenvalue weighted by atomic mass is 10.3. The molecule has 104 valence electrons. The Morgan fingerprint density at radius 1 is 1.20 bits per heavy atom. The number of non-ortho nitro benzene ring substituents is 1. The first-order chi connectivity index (χ1) is 9.66. The third-order valence-electron chi connectivity index (χ3n) is 2.59. The highest BCUT2D eigenvalue weighted by Gasteiger charge is 2.08. The number of nitrogens with zero attached hydrogens (tertiary/aromatic N) is 1. The van der Waals surface area contributed by atoms with E-state index in [4.69, 9.17) is 4.74 Å². The molecule has 0 saturated carbocycles. The summed E-state index contributed by atoms with van der Waals surface area (Å²) in [7, 11) is 0. The molecular formula is C14H13BrN2O3. The molecule has 0 heterocycles. The summed E-state index contributed by atoms with van der Waals surface area (Å²) in [5.41, 5.74) is 0.857. The highest BCUT2D eigenvalue weighted by molar-refractivity contribution is 9.10. The van der Waals surface area contributed by atoms with Crippen molar-refractivity contribution in [3.05, 3.63) is 63.1 Å². The fourth-order valence-corrected chi connectivity index (χ4v) is 2.14. The number of anilines is 1. The van der Waals surface area contributed by atoms with Crippen LogP contribution in [0.3, 0.4) is 0 Å². The molecule has 2 aromatic carbocycles. The zero-order valence-electron chi connectivity index (χ0n) is 10.6. The van der Waals surface area contributed by atoms with Crippen molar-refractivity contribution >= 4 is 27.3 Å². The van der Waals surface area contributed by atoms with Gasteiger partial charge in [-0.05, 0) is 34.1 Å². The van der Waals surface area contributed by atoms with Gasteiger partial charge in [-0.25, -0.2) is 0 Å². The monoisotopic (exact) mass is 336 g/mol. The molecule has 0 fully saturated rings. The number of rotatable bonds is 6. The minimum Gasteiger partial charge on any atom is -0.492 e. The number of para-hydroxylation sites is 1. The van der Waals surface area contributed by atoms with Crippen LogP contribution in [-0.4, -0.2) is 18.1 Å². The maximum atomic E-state index is 10.6. The van der Waals surface area contributed by atoms with Gasteiger partial charge in [0, 0.05) is 28.8 Å². The summed E-state index contributed by atoms with van der Waals surface area (Å²) >= 11 is 3.30. The van der Waals surface area contributed by atoms with Crippen LogP contribution in [0, 0.1) is 10.1 Å². The highest BCUT2D eigenvalue weighted by atomic mass is 79.9. The van der Waals surface area contributed by atoms with Crippen LogP contribution >= 0.6 is 15.9 Å². The maximum Gasteiger partial charge on any atom is 0.270 e. The van der Waals surface area contributed by atoms with Crippen LogP contribution in [0.2, 0.25) is 0 Å². The molecule has 0 radical (unpaired) electrons. The number of halogens is 1. The molecule has 0 saturated heterocycles. The first-order valence-corrected chi connectivity index (χ1v) is 6.82. The van der Waals surface area contributed by atoms with Crippen molar-refractivity contribution in [2.24, 2.45) is 0 Å². The maximum absolute atomic E-state index is 10.6. The summed E-state index contributed by atoms with van der Waals surface area (Å²) < 4.78 is 6.20. The molecule has 0 aliphatic rings. The second-order valence-corrected chi connectivity index (χ2v) is 4.86. The largest absolute Gasteiger partial charge is 0.492 e. The lowest BCUT2D eigenvalue weighted by molar-refractivity contribution is -0.384. The van der Waals surface area contributed by atoms with Gasteiger partial charge >= 0.3 is 0 Å². The topological polar surface area (TPSA) is 64.4 Å². The standard InChI is InChI=1S/C14H13BrN2O3/c15-13-10-11(17(18)19)6-7-14(13)16-8-9-20-12-4-2-1-3-5-12/h1-7,10,16H,8-9H2. The van der Waals surface area contributed by atoms with Gasteiger partial charge in [0.15, 0.2) is 0 Å². The average molecular weight is 337 g/mol. The van der Waals surface area contributed by atoms with E-state index in [1.165, 1.54) is 12.1 Å². The van der Waals surface area contributed by atoms with E-state index < -0.39 is 4.92 Å². The van der Waals surface area contributed by atoms with Crippen LogP contribution < -0.4 is 10.1 Å². The number of hydrogen-bond donors (Lipinski definition) is 1. The third kappa shape index (κ3) is 3.96. The van der Waals surface area contributed by atoms with Crippen molar-refractivity contribution < 1.29 is 9.66 Å². The van der Waals surface area contributed by atoms with Gasteiger partial charge in [-0.2, -0.15) is 0 Å². The van der Waals surface area contributed by atoms with Crippen molar-refractivity contribution in [1.29, 1.82) is 0 Å². The molecule has 0 atom stereocenters. The molecule has 2 rings (SSSR count). The Morgan fingerprint density at radius 2 is 1.95 bits per heavy atom. The Hall–Kier alpha value is -2.08. The van der Waals surface area contributed by atoms with Gasteiger partial charge < -0.3 is 10.1 Å². The lowest BCUT2D eigenvalue weighted by Crippen LogP contribution is -2.11. The van der Waals surface area contributed by atoms with E-state index in [0.29, 0.717) is 17.6 Å². The number of nitro benzene ring substituents is 1. The van der Waals surface area contributed by atoms with E-state index in [0.717, 1.165) is 11.4 Å². The van der Waals surface area contributed by atoms with Crippen LogP contribution in [0.5, 0.6) is 5.75 Å². The molecule has 1 N–H and O–H groups in total. The molecule has 0 aromatic heterocycles. The van der Waals surface area contributed by atoms with Crippen LogP contribution in [0.15, 0.2) is 53.0 Å². The summed E-state index contributed by atoms with van der Waals surface area (Å²) in [6, 6.07) is 14.1. The lowest BCUT2D eigenvalue weighted by Gasteiger charge is -2.09. The summed E-state index contributed by atoms with van der Waals surface area (Å²) in [6.07, 6.45) is 0. The zero-order valence-corrected chi connectivity index (χ0v) is 12.2. The van der Waals surface area contributed by atoms with Gasteiger partial charge in [0.05, 0.1) is 4.92 Å². The molecule has 0 aliphatic heterocycles. The predicted octanol–water partition coefficient (Wildman–Crippen LogP) is 3.85. The minimum absolute atomic E-state index is 0.0583. The Balaban J connectivity index is 1.84. The molecule has 0 bridgehead atoms. The van der Waals surface area contributed by atoms with Crippen molar-refractivity contribution in [3.63, 3.8) is 0 Å². The van der Waals surface area contributed by atoms with Crippen LogP contribution in [0.25, 0.3) is 0 Å². The quantitative estimate of drug-likeness (QED) is 0.494. The van der Waals surface area contributed by atoms with Gasteiger partial charge in [0.25, 0.3) is 5.69 Å². The van der Waals surface area contributed by atoms with E-state index in [1.807, 2.05) is 30.3 Å².